The maximum Gasteiger partial charge on any atom is 0.272 e. The highest BCUT2D eigenvalue weighted by atomic mass is 32.2. The van der Waals surface area contributed by atoms with E-state index in [4.69, 9.17) is 5.73 Å². The zero-order valence-corrected chi connectivity index (χ0v) is 9.88. The number of nitrogens with zero attached hydrogens (tertiary/aromatic N) is 3. The van der Waals surface area contributed by atoms with Crippen LogP contribution in [-0.2, 0) is 10.0 Å². The quantitative estimate of drug-likeness (QED) is 0.758. The van der Waals surface area contributed by atoms with E-state index in [-0.39, 0.29) is 16.0 Å². The highest BCUT2D eigenvalue weighted by Crippen LogP contribution is 2.20. The van der Waals surface area contributed by atoms with Gasteiger partial charge in [0, 0.05) is 13.1 Å². The molecular formula is C7H12N4O2S2. The molecule has 0 radical (unpaired) electrons. The van der Waals surface area contributed by atoms with Crippen LogP contribution in [0, 0.1) is 0 Å². The van der Waals surface area contributed by atoms with Crippen LogP contribution >= 0.6 is 11.3 Å². The normalized spacial score (nSPS) is 11.9. The Labute approximate surface area is 92.5 Å². The zero-order chi connectivity index (χ0) is 11.5. The molecule has 1 heterocycles. The van der Waals surface area contributed by atoms with E-state index in [9.17, 15) is 8.42 Å². The second-order valence-electron chi connectivity index (χ2n) is 2.65. The predicted octanol–water partition coefficient (Wildman–Crippen LogP) is 0.317. The largest absolute Gasteiger partial charge is 0.374 e. The average Bonchev–Trinajstić information content (AvgIpc) is 2.61. The second kappa shape index (κ2) is 4.69. The maximum absolute atomic E-state index is 11.9. The lowest BCUT2D eigenvalue weighted by Gasteiger charge is -2.15. The Balaban J connectivity index is 3.05. The van der Waals surface area contributed by atoms with Crippen molar-refractivity contribution in [3.63, 3.8) is 0 Å². The monoisotopic (exact) mass is 248 g/mol. The molecule has 0 amide bonds. The molecule has 1 aromatic heterocycles. The third-order valence-electron chi connectivity index (χ3n) is 1.67. The van der Waals surface area contributed by atoms with Crippen LogP contribution in [0.25, 0.3) is 0 Å². The minimum Gasteiger partial charge on any atom is -0.374 e. The Morgan fingerprint density at radius 2 is 2.27 bits per heavy atom. The van der Waals surface area contributed by atoms with Gasteiger partial charge in [-0.05, 0) is 0 Å². The van der Waals surface area contributed by atoms with E-state index in [1.54, 1.807) is 6.92 Å². The van der Waals surface area contributed by atoms with Crippen LogP contribution in [0.1, 0.15) is 6.92 Å². The van der Waals surface area contributed by atoms with Gasteiger partial charge in [0.05, 0.1) is 0 Å². The topological polar surface area (TPSA) is 89.2 Å². The molecular weight excluding hydrogens is 236 g/mol. The summed E-state index contributed by atoms with van der Waals surface area (Å²) in [6.07, 6.45) is 1.52. The van der Waals surface area contributed by atoms with Crippen LogP contribution in [0.15, 0.2) is 17.0 Å². The molecule has 6 nitrogen and oxygen atoms in total. The summed E-state index contributed by atoms with van der Waals surface area (Å²) in [6, 6.07) is 0. The molecule has 0 saturated heterocycles. The van der Waals surface area contributed by atoms with E-state index in [0.29, 0.717) is 6.54 Å². The van der Waals surface area contributed by atoms with Crippen LogP contribution in [-0.4, -0.2) is 36.0 Å². The fraction of sp³-hybridized carbons (Fsp3) is 0.429. The molecule has 0 unspecified atom stereocenters. The molecule has 0 fully saturated rings. The van der Waals surface area contributed by atoms with Gasteiger partial charge in [0.2, 0.25) is 9.47 Å². The first kappa shape index (κ1) is 12.1. The molecule has 84 valence electrons. The number of sulfonamides is 1. The van der Waals surface area contributed by atoms with Gasteiger partial charge in [0.1, 0.15) is 0 Å². The number of hydrogen-bond acceptors (Lipinski definition) is 6. The van der Waals surface area contributed by atoms with Gasteiger partial charge in [-0.1, -0.05) is 24.3 Å². The molecule has 8 heteroatoms. The van der Waals surface area contributed by atoms with Crippen LogP contribution < -0.4 is 5.73 Å². The van der Waals surface area contributed by atoms with Gasteiger partial charge in [-0.3, -0.25) is 0 Å². The molecule has 2 N–H and O–H groups in total. The number of likely N-dealkylation sites (N-methyl/N-ethyl adjacent to an activating group) is 1. The molecule has 0 aliphatic carbocycles. The number of hydrogen-bond donors (Lipinski definition) is 1. The summed E-state index contributed by atoms with van der Waals surface area (Å²) in [6.45, 7) is 5.84. The summed E-state index contributed by atoms with van der Waals surface area (Å²) < 4.78 is 25.0. The van der Waals surface area contributed by atoms with Crippen molar-refractivity contribution < 1.29 is 8.42 Å². The fourth-order valence-corrected chi connectivity index (χ4v) is 3.32. The first-order valence-electron chi connectivity index (χ1n) is 4.22. The molecule has 0 saturated carbocycles. The van der Waals surface area contributed by atoms with Crippen molar-refractivity contribution in [3.05, 3.63) is 12.7 Å². The predicted molar refractivity (Wildman–Crippen MR) is 59.0 cm³/mol. The molecule has 0 bridgehead atoms. The van der Waals surface area contributed by atoms with E-state index in [0.717, 1.165) is 11.3 Å². The number of anilines is 1. The summed E-state index contributed by atoms with van der Waals surface area (Å²) in [5, 5.41) is 7.13. The smallest absolute Gasteiger partial charge is 0.272 e. The van der Waals surface area contributed by atoms with E-state index in [1.165, 1.54) is 10.4 Å². The highest BCUT2D eigenvalue weighted by molar-refractivity contribution is 7.91. The van der Waals surface area contributed by atoms with Crippen LogP contribution in [0.2, 0.25) is 0 Å². The summed E-state index contributed by atoms with van der Waals surface area (Å²) in [4.78, 5) is 0. The van der Waals surface area contributed by atoms with Crippen molar-refractivity contribution >= 4 is 26.5 Å². The summed E-state index contributed by atoms with van der Waals surface area (Å²) in [5.74, 6) is 0. The van der Waals surface area contributed by atoms with Gasteiger partial charge < -0.3 is 5.73 Å². The second-order valence-corrected chi connectivity index (χ2v) is 5.77. The van der Waals surface area contributed by atoms with Crippen molar-refractivity contribution in [2.75, 3.05) is 18.8 Å². The average molecular weight is 248 g/mol. The van der Waals surface area contributed by atoms with Gasteiger partial charge >= 0.3 is 0 Å². The first-order valence-corrected chi connectivity index (χ1v) is 6.48. The third-order valence-corrected chi connectivity index (χ3v) is 4.71. The molecule has 1 rings (SSSR count). The van der Waals surface area contributed by atoms with Crippen molar-refractivity contribution in [2.24, 2.45) is 0 Å². The van der Waals surface area contributed by atoms with E-state index < -0.39 is 10.0 Å². The number of nitrogen functional groups attached to an aromatic ring is 1. The third kappa shape index (κ3) is 2.52. The van der Waals surface area contributed by atoms with E-state index >= 15 is 0 Å². The first-order chi connectivity index (χ1) is 7.02. The van der Waals surface area contributed by atoms with Gasteiger partial charge in [-0.25, -0.2) is 8.42 Å². The Bertz CT molecular complexity index is 440. The molecule has 0 aliphatic rings. The highest BCUT2D eigenvalue weighted by Gasteiger charge is 2.26. The molecule has 15 heavy (non-hydrogen) atoms. The Morgan fingerprint density at radius 3 is 2.67 bits per heavy atom. The van der Waals surface area contributed by atoms with E-state index in [1.807, 2.05) is 0 Å². The summed E-state index contributed by atoms with van der Waals surface area (Å²) in [5.41, 5.74) is 5.33. The SMILES string of the molecule is C=CCN(CC)S(=O)(=O)c1nnc(N)s1. The van der Waals surface area contributed by atoms with Gasteiger partial charge in [0.15, 0.2) is 0 Å². The maximum atomic E-state index is 11.9. The molecule has 0 spiro atoms. The standard InChI is InChI=1S/C7H12N4O2S2/c1-3-5-11(4-2)15(12,13)7-10-9-6(8)14-7/h3H,1,4-5H2,2H3,(H2,8,9). The van der Waals surface area contributed by atoms with Gasteiger partial charge in [-0.15, -0.1) is 16.8 Å². The zero-order valence-electron chi connectivity index (χ0n) is 8.25. The van der Waals surface area contributed by atoms with Gasteiger partial charge in [-0.2, -0.15) is 4.31 Å². The van der Waals surface area contributed by atoms with Crippen LogP contribution in [0.4, 0.5) is 5.13 Å². The van der Waals surface area contributed by atoms with Crippen LogP contribution in [0.3, 0.4) is 0 Å². The molecule has 0 aliphatic heterocycles. The Hall–Kier alpha value is -0.990. The lowest BCUT2D eigenvalue weighted by Crippen LogP contribution is -2.30. The lowest BCUT2D eigenvalue weighted by atomic mass is 10.6. The fourth-order valence-electron chi connectivity index (χ4n) is 0.976. The Morgan fingerprint density at radius 1 is 1.60 bits per heavy atom. The van der Waals surface area contributed by atoms with E-state index in [2.05, 4.69) is 16.8 Å². The minimum atomic E-state index is -3.57. The lowest BCUT2D eigenvalue weighted by molar-refractivity contribution is 0.458. The molecule has 0 atom stereocenters. The van der Waals surface area contributed by atoms with Crippen LogP contribution in [0.5, 0.6) is 0 Å². The number of aromatic nitrogens is 2. The molecule has 0 aromatic carbocycles. The summed E-state index contributed by atoms with van der Waals surface area (Å²) in [7, 11) is -3.57. The van der Waals surface area contributed by atoms with Crippen molar-refractivity contribution in [1.29, 1.82) is 0 Å². The Kier molecular flexibility index (Phi) is 3.77. The van der Waals surface area contributed by atoms with Crippen molar-refractivity contribution in [2.45, 2.75) is 11.3 Å². The summed E-state index contributed by atoms with van der Waals surface area (Å²) >= 11 is 0.856. The van der Waals surface area contributed by atoms with Gasteiger partial charge in [0.25, 0.3) is 10.0 Å². The molecule has 1 aromatic rings. The van der Waals surface area contributed by atoms with Crippen molar-refractivity contribution in [1.82, 2.24) is 14.5 Å². The minimum absolute atomic E-state index is 0.0799. The number of nitrogens with two attached hydrogens (primary N) is 1. The van der Waals surface area contributed by atoms with Crippen molar-refractivity contribution in [3.8, 4) is 0 Å². The number of rotatable bonds is 5.